The van der Waals surface area contributed by atoms with Crippen LogP contribution in [0.15, 0.2) is 36.4 Å². The Morgan fingerprint density at radius 2 is 1.58 bits per heavy atom. The Morgan fingerprint density at radius 3 is 2.15 bits per heavy atom. The average molecular weight is 379 g/mol. The topological polar surface area (TPSA) is 80.9 Å². The van der Waals surface area contributed by atoms with Gasteiger partial charge in [0.25, 0.3) is 5.91 Å². The number of thiocarbonyl (C=S) groups is 1. The quantitative estimate of drug-likeness (QED) is 0.544. The zero-order chi connectivity index (χ0) is 19.1. The first-order valence-electron chi connectivity index (χ1n) is 7.42. The first kappa shape index (κ1) is 19.3. The molecular formula is C17H18FN3O4S. The number of carbonyl (C=O) groups is 1. The van der Waals surface area contributed by atoms with Crippen molar-refractivity contribution < 1.29 is 23.4 Å². The highest BCUT2D eigenvalue weighted by molar-refractivity contribution is 7.80. The van der Waals surface area contributed by atoms with Crippen LogP contribution in [0.3, 0.4) is 0 Å². The molecule has 0 aliphatic carbocycles. The van der Waals surface area contributed by atoms with E-state index in [-0.39, 0.29) is 22.2 Å². The van der Waals surface area contributed by atoms with Crippen molar-refractivity contribution in [1.82, 2.24) is 10.9 Å². The van der Waals surface area contributed by atoms with Crippen LogP contribution >= 0.6 is 12.2 Å². The molecule has 0 atom stereocenters. The van der Waals surface area contributed by atoms with E-state index < -0.39 is 5.91 Å². The van der Waals surface area contributed by atoms with Crippen LogP contribution in [-0.2, 0) is 0 Å². The van der Waals surface area contributed by atoms with E-state index in [2.05, 4.69) is 16.2 Å². The van der Waals surface area contributed by atoms with Crippen molar-refractivity contribution in [2.24, 2.45) is 0 Å². The summed E-state index contributed by atoms with van der Waals surface area (Å²) >= 11 is 5.08. The maximum absolute atomic E-state index is 12.9. The molecule has 0 aromatic heterocycles. The van der Waals surface area contributed by atoms with Crippen molar-refractivity contribution in [3.05, 3.63) is 47.8 Å². The minimum Gasteiger partial charge on any atom is -0.493 e. The lowest BCUT2D eigenvalue weighted by Crippen LogP contribution is -2.43. The van der Waals surface area contributed by atoms with Crippen molar-refractivity contribution in [1.29, 1.82) is 0 Å². The van der Waals surface area contributed by atoms with E-state index in [4.69, 9.17) is 26.4 Å². The lowest BCUT2D eigenvalue weighted by atomic mass is 10.1. The number of nitrogens with one attached hydrogen (secondary N) is 3. The third-order valence-electron chi connectivity index (χ3n) is 3.34. The third kappa shape index (κ3) is 4.51. The summed E-state index contributed by atoms with van der Waals surface area (Å²) in [4.78, 5) is 12.4. The molecule has 2 aromatic carbocycles. The van der Waals surface area contributed by atoms with Gasteiger partial charge in [-0.2, -0.15) is 0 Å². The zero-order valence-corrected chi connectivity index (χ0v) is 15.2. The molecule has 9 heteroatoms. The monoisotopic (exact) mass is 379 g/mol. The largest absolute Gasteiger partial charge is 0.493 e. The second-order valence-electron chi connectivity index (χ2n) is 4.92. The van der Waals surface area contributed by atoms with Gasteiger partial charge in [-0.1, -0.05) is 0 Å². The van der Waals surface area contributed by atoms with Crippen LogP contribution in [0.5, 0.6) is 17.2 Å². The Bertz CT molecular complexity index is 799. The SMILES string of the molecule is COc1ccc(C(=O)NNC(=S)Nc2ccc(F)cc2)c(OC)c1OC. The maximum Gasteiger partial charge on any atom is 0.273 e. The first-order valence-corrected chi connectivity index (χ1v) is 7.82. The molecule has 0 saturated heterocycles. The van der Waals surface area contributed by atoms with Crippen LogP contribution < -0.4 is 30.4 Å². The highest BCUT2D eigenvalue weighted by Crippen LogP contribution is 2.39. The van der Waals surface area contributed by atoms with E-state index in [1.165, 1.54) is 51.7 Å². The summed E-state index contributed by atoms with van der Waals surface area (Å²) in [6.07, 6.45) is 0. The lowest BCUT2D eigenvalue weighted by molar-refractivity contribution is 0.0940. The minimum absolute atomic E-state index is 0.129. The zero-order valence-electron chi connectivity index (χ0n) is 14.4. The van der Waals surface area contributed by atoms with Crippen LogP contribution in [0.4, 0.5) is 10.1 Å². The summed E-state index contributed by atoms with van der Waals surface area (Å²) in [7, 11) is 4.35. The Labute approximate surface area is 155 Å². The Hall–Kier alpha value is -3.07. The van der Waals surface area contributed by atoms with Gasteiger partial charge in [0.05, 0.1) is 26.9 Å². The van der Waals surface area contributed by atoms with E-state index in [0.717, 1.165) is 0 Å². The van der Waals surface area contributed by atoms with E-state index >= 15 is 0 Å². The molecule has 0 aliphatic rings. The molecule has 3 N–H and O–H groups in total. The van der Waals surface area contributed by atoms with E-state index in [1.54, 1.807) is 6.07 Å². The summed E-state index contributed by atoms with van der Waals surface area (Å²) in [5, 5.41) is 2.94. The number of halogens is 1. The Kier molecular flexibility index (Phi) is 6.56. The summed E-state index contributed by atoms with van der Waals surface area (Å²) in [6.45, 7) is 0. The average Bonchev–Trinajstić information content (AvgIpc) is 2.66. The van der Waals surface area contributed by atoms with Gasteiger partial charge in [0.15, 0.2) is 16.6 Å². The van der Waals surface area contributed by atoms with Gasteiger partial charge in [0.1, 0.15) is 5.82 Å². The molecule has 26 heavy (non-hydrogen) atoms. The van der Waals surface area contributed by atoms with Crippen LogP contribution in [0.2, 0.25) is 0 Å². The maximum atomic E-state index is 12.9. The molecule has 0 saturated carbocycles. The van der Waals surface area contributed by atoms with E-state index in [0.29, 0.717) is 17.2 Å². The molecule has 0 unspecified atom stereocenters. The number of hydrazine groups is 1. The fourth-order valence-electron chi connectivity index (χ4n) is 2.16. The predicted octanol–water partition coefficient (Wildman–Crippen LogP) is 2.48. The summed E-state index contributed by atoms with van der Waals surface area (Å²) in [5.41, 5.74) is 5.81. The number of benzene rings is 2. The number of ether oxygens (including phenoxy) is 3. The van der Waals surface area contributed by atoms with Gasteiger partial charge in [-0.3, -0.25) is 15.6 Å². The number of anilines is 1. The van der Waals surface area contributed by atoms with Crippen LogP contribution in [0.1, 0.15) is 10.4 Å². The lowest BCUT2D eigenvalue weighted by Gasteiger charge is -2.16. The normalized spacial score (nSPS) is 9.85. The molecule has 0 heterocycles. The van der Waals surface area contributed by atoms with Crippen LogP contribution in [0.25, 0.3) is 0 Å². The minimum atomic E-state index is -0.494. The number of rotatable bonds is 5. The summed E-state index contributed by atoms with van der Waals surface area (Å²) in [5.74, 6) is 0.106. The van der Waals surface area contributed by atoms with Gasteiger partial charge >= 0.3 is 0 Å². The Morgan fingerprint density at radius 1 is 0.923 bits per heavy atom. The van der Waals surface area contributed by atoms with Crippen molar-refractivity contribution >= 4 is 28.9 Å². The molecule has 1 amide bonds. The van der Waals surface area contributed by atoms with Crippen LogP contribution in [0, 0.1) is 5.82 Å². The van der Waals surface area contributed by atoms with Gasteiger partial charge in [-0.05, 0) is 48.6 Å². The van der Waals surface area contributed by atoms with E-state index in [9.17, 15) is 9.18 Å². The second-order valence-corrected chi connectivity index (χ2v) is 5.33. The smallest absolute Gasteiger partial charge is 0.273 e. The number of hydrogen-bond acceptors (Lipinski definition) is 5. The van der Waals surface area contributed by atoms with Gasteiger partial charge in [-0.25, -0.2) is 4.39 Å². The van der Waals surface area contributed by atoms with Crippen molar-refractivity contribution in [3.8, 4) is 17.2 Å². The molecular weight excluding hydrogens is 361 g/mol. The number of hydrogen-bond donors (Lipinski definition) is 3. The number of carbonyl (C=O) groups excluding carboxylic acids is 1. The number of methoxy groups -OCH3 is 3. The first-order chi connectivity index (χ1) is 12.5. The fourth-order valence-corrected chi connectivity index (χ4v) is 2.33. The molecule has 0 bridgehead atoms. The molecule has 2 aromatic rings. The van der Waals surface area contributed by atoms with Crippen molar-refractivity contribution in [2.75, 3.05) is 26.6 Å². The molecule has 138 valence electrons. The van der Waals surface area contributed by atoms with Gasteiger partial charge in [-0.15, -0.1) is 0 Å². The standard InChI is InChI=1S/C17H18FN3O4S/c1-23-13-9-8-12(14(24-2)15(13)25-3)16(22)20-21-17(26)19-11-6-4-10(18)5-7-11/h4-9H,1-3H3,(H,20,22)(H2,19,21,26). The molecule has 2 rings (SSSR count). The highest BCUT2D eigenvalue weighted by Gasteiger charge is 2.20. The third-order valence-corrected chi connectivity index (χ3v) is 3.54. The fraction of sp³-hybridized carbons (Fsp3) is 0.176. The molecule has 0 aliphatic heterocycles. The summed E-state index contributed by atoms with van der Waals surface area (Å²) in [6, 6.07) is 8.74. The Balaban J connectivity index is 2.05. The van der Waals surface area contributed by atoms with Gasteiger partial charge in [0.2, 0.25) is 5.75 Å². The van der Waals surface area contributed by atoms with Crippen molar-refractivity contribution in [2.45, 2.75) is 0 Å². The van der Waals surface area contributed by atoms with Crippen LogP contribution in [-0.4, -0.2) is 32.3 Å². The van der Waals surface area contributed by atoms with Gasteiger partial charge in [0, 0.05) is 5.69 Å². The highest BCUT2D eigenvalue weighted by atomic mass is 32.1. The molecule has 7 nitrogen and oxygen atoms in total. The van der Waals surface area contributed by atoms with Gasteiger partial charge < -0.3 is 19.5 Å². The second kappa shape index (κ2) is 8.86. The predicted molar refractivity (Wildman–Crippen MR) is 99.3 cm³/mol. The van der Waals surface area contributed by atoms with E-state index in [1.807, 2.05) is 0 Å². The number of amides is 1. The van der Waals surface area contributed by atoms with Crippen molar-refractivity contribution in [3.63, 3.8) is 0 Å². The molecule has 0 spiro atoms. The summed E-state index contributed by atoms with van der Waals surface area (Å²) < 4.78 is 28.6. The molecule has 0 radical (unpaired) electrons. The molecule has 0 fully saturated rings.